The smallest absolute Gasteiger partial charge is 0.726 e. The fourth-order valence-corrected chi connectivity index (χ4v) is 6.67. The second kappa shape index (κ2) is 13.1. The number of alkyl halides is 2. The van der Waals surface area contributed by atoms with Gasteiger partial charge in [-0.2, -0.15) is 0 Å². The van der Waals surface area contributed by atoms with Gasteiger partial charge in [0.25, 0.3) is 0 Å². The monoisotopic (exact) mass is 559 g/mol. The fourth-order valence-electron chi connectivity index (χ4n) is 6.26. The summed E-state index contributed by atoms with van der Waals surface area (Å²) in [5.74, 6) is 3.16. The Kier molecular flexibility index (Phi) is 11.7. The Labute approximate surface area is 239 Å². The van der Waals surface area contributed by atoms with Gasteiger partial charge in [0.2, 0.25) is 10.4 Å². The van der Waals surface area contributed by atoms with E-state index < -0.39 is 16.5 Å². The summed E-state index contributed by atoms with van der Waals surface area (Å²) in [6.07, 6.45) is 5.98. The number of hydrogen-bond acceptors (Lipinski definition) is 6. The van der Waals surface area contributed by atoms with E-state index >= 15 is 0 Å². The van der Waals surface area contributed by atoms with Crippen molar-refractivity contribution in [3.05, 3.63) is 29.3 Å². The molecular weight excluding hydrogens is 528 g/mol. The molecule has 1 aromatic rings. The van der Waals surface area contributed by atoms with Crippen molar-refractivity contribution in [3.63, 3.8) is 0 Å². The average molecular weight is 560 g/mol. The van der Waals surface area contributed by atoms with E-state index in [0.29, 0.717) is 48.4 Å². The van der Waals surface area contributed by atoms with Crippen LogP contribution in [0, 0.1) is 17.3 Å². The Morgan fingerprint density at radius 2 is 1.83 bits per heavy atom. The number of benzene rings is 1. The first-order valence-corrected chi connectivity index (χ1v) is 14.0. The molecule has 4 rings (SSSR count). The molecule has 35 heavy (non-hydrogen) atoms. The fraction of sp³-hybridized carbons (Fsp3) is 0.696. The molecule has 0 aliphatic heterocycles. The van der Waals surface area contributed by atoms with Gasteiger partial charge in [-0.25, -0.2) is 13.2 Å². The Balaban J connectivity index is 0.000000656. The molecule has 2 N–H and O–H groups in total. The Morgan fingerprint density at radius 1 is 1.20 bits per heavy atom. The van der Waals surface area contributed by atoms with E-state index in [2.05, 4.69) is 13.0 Å². The largest absolute Gasteiger partial charge is 1.00 e. The van der Waals surface area contributed by atoms with Crippen LogP contribution in [0.15, 0.2) is 18.2 Å². The van der Waals surface area contributed by atoms with Crippen molar-refractivity contribution in [2.24, 2.45) is 17.3 Å². The van der Waals surface area contributed by atoms with Crippen LogP contribution in [0.5, 0.6) is 5.75 Å². The number of halogens is 2. The van der Waals surface area contributed by atoms with E-state index in [1.54, 1.807) is 4.90 Å². The Morgan fingerprint density at radius 3 is 2.43 bits per heavy atom. The topological polar surface area (TPSA) is 127 Å². The van der Waals surface area contributed by atoms with E-state index in [1.165, 1.54) is 11.1 Å². The van der Waals surface area contributed by atoms with Crippen LogP contribution in [0.25, 0.3) is 0 Å². The maximum atomic E-state index is 12.4. The van der Waals surface area contributed by atoms with Crippen molar-refractivity contribution in [2.45, 2.75) is 57.5 Å². The molecule has 3 aliphatic carbocycles. The van der Waals surface area contributed by atoms with E-state index in [-0.39, 0.29) is 41.1 Å². The summed E-state index contributed by atoms with van der Waals surface area (Å²) in [6, 6.07) is 6.13. The molecule has 0 spiro atoms. The van der Waals surface area contributed by atoms with Crippen LogP contribution in [-0.4, -0.2) is 64.6 Å². The van der Waals surface area contributed by atoms with Crippen LogP contribution in [0.4, 0.5) is 4.79 Å². The molecule has 0 saturated heterocycles. The quantitative estimate of drug-likeness (QED) is 0.240. The number of fused-ring (bicyclic) bond motifs is 5. The van der Waals surface area contributed by atoms with Gasteiger partial charge < -0.3 is 19.3 Å². The molecule has 5 atom stereocenters. The summed E-state index contributed by atoms with van der Waals surface area (Å²) in [5, 5.41) is 10.5. The van der Waals surface area contributed by atoms with Crippen LogP contribution in [0.1, 0.15) is 56.1 Å². The Bertz CT molecular complexity index is 969. The second-order valence-electron chi connectivity index (χ2n) is 9.57. The summed E-state index contributed by atoms with van der Waals surface area (Å²) >= 11 is 11.6. The van der Waals surface area contributed by atoms with Crippen LogP contribution in [0.2, 0.25) is 0 Å². The third-order valence-electron chi connectivity index (χ3n) is 7.82. The molecule has 2 saturated carbocycles. The van der Waals surface area contributed by atoms with Crippen LogP contribution in [-0.2, 0) is 16.8 Å². The molecule has 0 bridgehead atoms. The van der Waals surface area contributed by atoms with E-state index in [9.17, 15) is 9.90 Å². The van der Waals surface area contributed by atoms with Gasteiger partial charge in [0.1, 0.15) is 5.75 Å². The van der Waals surface area contributed by atoms with Crippen molar-refractivity contribution >= 4 is 39.7 Å². The number of amides is 1. The number of carbonyl (C=O) groups is 1. The minimum atomic E-state index is -4.92. The molecule has 0 heterocycles. The van der Waals surface area contributed by atoms with E-state index in [4.69, 9.17) is 45.5 Å². The zero-order chi connectivity index (χ0) is 25.1. The molecule has 0 radical (unpaired) electrons. The molecule has 12 heteroatoms. The molecule has 3 aliphatic rings. The maximum Gasteiger partial charge on any atom is 1.00 e. The van der Waals surface area contributed by atoms with Crippen molar-refractivity contribution in [3.8, 4) is 5.75 Å². The summed E-state index contributed by atoms with van der Waals surface area (Å²) in [7, 11) is -4.92. The van der Waals surface area contributed by atoms with Crippen molar-refractivity contribution in [1.29, 1.82) is 0 Å². The maximum absolute atomic E-state index is 12.4. The first-order valence-electron chi connectivity index (χ1n) is 11.6. The molecule has 1 amide bonds. The Hall–Kier alpha value is -0.100. The zero-order valence-corrected chi connectivity index (χ0v) is 24.5. The number of aryl methyl sites for hydroxylation is 1. The minimum absolute atomic E-state index is 0. The normalized spacial score (nSPS) is 28.9. The summed E-state index contributed by atoms with van der Waals surface area (Å²) < 4.78 is 38.5. The number of aliphatic hydroxyl groups excluding tert-OH is 1. The number of aliphatic hydroxyl groups is 1. The standard InChI is InChI=1S/C23H31Cl2NO3.Na.H2O4S/c1-23-9-8-18-17-5-3-16(29-22(28)26(12-10-24)13-11-25)14-15(17)2-4-19(18)20(23)6-7-21(23)27;;1-5(2,3)4/h3,5,14,18-21,27H,2,4,6-13H2,1H3;;(H2,1,2,3,4)/q;+1;/p-1/t18-,19-,20+,21+,23+;;/m1../s1. The number of hydrogen-bond donors (Lipinski definition) is 2. The van der Waals surface area contributed by atoms with Gasteiger partial charge in [0.15, 0.2) is 0 Å². The van der Waals surface area contributed by atoms with E-state index in [0.717, 1.165) is 38.5 Å². The number of nitrogens with zero attached hydrogens (tertiary/aromatic N) is 1. The predicted molar refractivity (Wildman–Crippen MR) is 128 cm³/mol. The third kappa shape index (κ3) is 7.71. The van der Waals surface area contributed by atoms with Gasteiger partial charge >= 0.3 is 35.7 Å². The number of rotatable bonds is 5. The van der Waals surface area contributed by atoms with Gasteiger partial charge in [-0.1, -0.05) is 13.0 Å². The van der Waals surface area contributed by atoms with E-state index in [1.807, 2.05) is 12.1 Å². The van der Waals surface area contributed by atoms with Crippen LogP contribution >= 0.6 is 23.2 Å². The summed E-state index contributed by atoms with van der Waals surface area (Å²) in [5.41, 5.74) is 2.82. The van der Waals surface area contributed by atoms with Gasteiger partial charge in [0.05, 0.1) is 6.10 Å². The van der Waals surface area contributed by atoms with Gasteiger partial charge in [-0.05, 0) is 85.0 Å². The summed E-state index contributed by atoms with van der Waals surface area (Å²) in [4.78, 5) is 14.0. The third-order valence-corrected chi connectivity index (χ3v) is 8.16. The molecule has 0 unspecified atom stereocenters. The molecule has 1 aromatic carbocycles. The summed E-state index contributed by atoms with van der Waals surface area (Å²) in [6.45, 7) is 3.15. The first-order chi connectivity index (χ1) is 16.0. The minimum Gasteiger partial charge on any atom is -0.726 e. The number of ether oxygens (including phenoxy) is 1. The van der Waals surface area contributed by atoms with Crippen molar-refractivity contribution in [1.82, 2.24) is 4.90 Å². The van der Waals surface area contributed by atoms with Crippen molar-refractivity contribution in [2.75, 3.05) is 24.8 Å². The molecule has 192 valence electrons. The zero-order valence-electron chi connectivity index (χ0n) is 20.2. The second-order valence-corrected chi connectivity index (χ2v) is 11.2. The number of carbonyl (C=O) groups excluding carboxylic acids is 1. The van der Waals surface area contributed by atoms with Crippen molar-refractivity contribution < 1.29 is 61.7 Å². The molecule has 2 fully saturated rings. The van der Waals surface area contributed by atoms with Crippen LogP contribution in [0.3, 0.4) is 0 Å². The molecule has 8 nitrogen and oxygen atoms in total. The molecule has 0 aromatic heterocycles. The van der Waals surface area contributed by atoms with Gasteiger partial charge in [-0.3, -0.25) is 4.55 Å². The average Bonchev–Trinajstić information content (AvgIpc) is 3.06. The van der Waals surface area contributed by atoms with Gasteiger partial charge in [-0.15, -0.1) is 23.2 Å². The van der Waals surface area contributed by atoms with Crippen LogP contribution < -0.4 is 34.3 Å². The SMILES string of the molecule is C[C@]12CC[C@@H]3c4ccc(OC(=O)N(CCCl)CCCl)cc4CC[C@H]3[C@@H]1CC[C@@H]2O.O=S(=O)([O-])O.[Na+]. The first kappa shape index (κ1) is 31.1. The molecular formula is C23H32Cl2NNaO7S. The predicted octanol–water partition coefficient (Wildman–Crippen LogP) is 1.19. The van der Waals surface area contributed by atoms with Gasteiger partial charge in [0, 0.05) is 24.8 Å².